The first-order chi connectivity index (χ1) is 5.81. The molecule has 72 valence electrons. The van der Waals surface area contributed by atoms with E-state index < -0.39 is 0 Å². The van der Waals surface area contributed by atoms with Gasteiger partial charge in [-0.15, -0.1) is 0 Å². The van der Waals surface area contributed by atoms with Gasteiger partial charge in [-0.05, 0) is 0 Å². The van der Waals surface area contributed by atoms with E-state index in [0.717, 1.165) is 24.8 Å². The molecule has 0 rings (SSSR count). The molecule has 0 atom stereocenters. The number of urea groups is 1. The zero-order valence-electron chi connectivity index (χ0n) is 7.43. The molecule has 0 heterocycles. The fraction of sp³-hybridized carbons (Fsp3) is 0.857. The summed E-state index contributed by atoms with van der Waals surface area (Å²) < 4.78 is 0. The van der Waals surface area contributed by atoms with E-state index in [1.165, 1.54) is 5.32 Å². The van der Waals surface area contributed by atoms with Crippen LogP contribution in [-0.2, 0) is 0 Å². The van der Waals surface area contributed by atoms with Gasteiger partial charge in [-0.2, -0.15) is 0 Å². The van der Waals surface area contributed by atoms with Crippen molar-refractivity contribution in [3.8, 4) is 0 Å². The van der Waals surface area contributed by atoms with E-state index in [2.05, 4.69) is 10.6 Å². The number of rotatable bonds is 6. The summed E-state index contributed by atoms with van der Waals surface area (Å²) >= 11 is 0.666. The third-order valence-corrected chi connectivity index (χ3v) is 3.55. The van der Waals surface area contributed by atoms with Crippen LogP contribution in [0.5, 0.6) is 0 Å². The first-order valence-electron chi connectivity index (χ1n) is 4.04. The summed E-state index contributed by atoms with van der Waals surface area (Å²) in [5.74, 6) is 0. The van der Waals surface area contributed by atoms with Crippen molar-refractivity contribution in [2.75, 3.05) is 20.1 Å². The van der Waals surface area contributed by atoms with Gasteiger partial charge in [-0.1, -0.05) is 0 Å². The standard InChI is InChI=1S/C7H17N3OSe/c1-9-7(11)10-4-2-5-12-6-3-8/h2-6,8H2,1H3,(H2,9,10,11). The molecule has 0 unspecified atom stereocenters. The Kier molecular flexibility index (Phi) is 8.66. The van der Waals surface area contributed by atoms with Crippen LogP contribution >= 0.6 is 0 Å². The summed E-state index contributed by atoms with van der Waals surface area (Å²) in [6, 6.07) is -0.0960. The minimum absolute atomic E-state index is 0.0960. The van der Waals surface area contributed by atoms with E-state index in [9.17, 15) is 4.79 Å². The van der Waals surface area contributed by atoms with Gasteiger partial charge in [0.05, 0.1) is 0 Å². The second kappa shape index (κ2) is 8.84. The molecule has 0 aliphatic carbocycles. The Hall–Kier alpha value is -0.251. The summed E-state index contributed by atoms with van der Waals surface area (Å²) in [6.45, 7) is 1.56. The van der Waals surface area contributed by atoms with Crippen LogP contribution < -0.4 is 16.4 Å². The summed E-state index contributed by atoms with van der Waals surface area (Å²) in [5, 5.41) is 7.59. The molecule has 0 saturated carbocycles. The van der Waals surface area contributed by atoms with Crippen molar-refractivity contribution in [3.05, 3.63) is 0 Å². The molecule has 0 aromatic rings. The Bertz CT molecular complexity index is 121. The Morgan fingerprint density at radius 3 is 2.83 bits per heavy atom. The van der Waals surface area contributed by atoms with E-state index in [1.807, 2.05) is 0 Å². The topological polar surface area (TPSA) is 67.2 Å². The van der Waals surface area contributed by atoms with Gasteiger partial charge < -0.3 is 0 Å². The normalized spacial score (nSPS) is 9.50. The number of nitrogens with one attached hydrogen (secondary N) is 2. The van der Waals surface area contributed by atoms with E-state index in [1.54, 1.807) is 7.05 Å². The van der Waals surface area contributed by atoms with E-state index >= 15 is 0 Å². The van der Waals surface area contributed by atoms with Crippen LogP contribution in [-0.4, -0.2) is 41.1 Å². The van der Waals surface area contributed by atoms with Crippen molar-refractivity contribution >= 4 is 21.0 Å². The second-order valence-corrected chi connectivity index (χ2v) is 4.83. The van der Waals surface area contributed by atoms with Crippen LogP contribution in [0.25, 0.3) is 0 Å². The average molecular weight is 238 g/mol. The van der Waals surface area contributed by atoms with Crippen LogP contribution in [0.2, 0.25) is 10.6 Å². The van der Waals surface area contributed by atoms with Crippen molar-refractivity contribution in [1.29, 1.82) is 0 Å². The minimum atomic E-state index is -0.0960. The summed E-state index contributed by atoms with van der Waals surface area (Å²) in [6.07, 6.45) is 1.06. The molecular weight excluding hydrogens is 221 g/mol. The number of carbonyl (C=O) groups excluding carboxylic acids is 1. The molecule has 12 heavy (non-hydrogen) atoms. The third kappa shape index (κ3) is 7.85. The van der Waals surface area contributed by atoms with Gasteiger partial charge in [0, 0.05) is 0 Å². The molecule has 4 nitrogen and oxygen atoms in total. The maximum absolute atomic E-state index is 10.7. The van der Waals surface area contributed by atoms with Gasteiger partial charge in [0.15, 0.2) is 0 Å². The summed E-state index contributed by atoms with van der Waals surface area (Å²) in [5.41, 5.74) is 5.35. The van der Waals surface area contributed by atoms with Gasteiger partial charge in [0.2, 0.25) is 0 Å². The molecular formula is C7H17N3OSe. The fourth-order valence-corrected chi connectivity index (χ4v) is 2.16. The van der Waals surface area contributed by atoms with Crippen molar-refractivity contribution in [2.45, 2.75) is 17.1 Å². The van der Waals surface area contributed by atoms with Crippen molar-refractivity contribution < 1.29 is 4.79 Å². The van der Waals surface area contributed by atoms with Crippen LogP contribution in [0.4, 0.5) is 4.79 Å². The maximum atomic E-state index is 10.7. The van der Waals surface area contributed by atoms with Crippen molar-refractivity contribution in [3.63, 3.8) is 0 Å². The third-order valence-electron chi connectivity index (χ3n) is 1.24. The van der Waals surface area contributed by atoms with Crippen LogP contribution in [0.15, 0.2) is 0 Å². The number of amides is 2. The number of hydrogen-bond donors (Lipinski definition) is 3. The van der Waals surface area contributed by atoms with Crippen LogP contribution in [0.3, 0.4) is 0 Å². The Balaban J connectivity index is 2.95. The molecule has 0 spiro atoms. The molecule has 4 N–H and O–H groups in total. The monoisotopic (exact) mass is 239 g/mol. The Morgan fingerprint density at radius 2 is 2.25 bits per heavy atom. The molecule has 0 bridgehead atoms. The van der Waals surface area contributed by atoms with Crippen molar-refractivity contribution in [2.24, 2.45) is 5.73 Å². The van der Waals surface area contributed by atoms with Gasteiger partial charge in [0.1, 0.15) is 0 Å². The quantitative estimate of drug-likeness (QED) is 0.443. The van der Waals surface area contributed by atoms with Gasteiger partial charge in [-0.3, -0.25) is 0 Å². The van der Waals surface area contributed by atoms with Gasteiger partial charge >= 0.3 is 79.3 Å². The summed E-state index contributed by atoms with van der Waals surface area (Å²) in [7, 11) is 1.62. The first kappa shape index (κ1) is 11.7. The Morgan fingerprint density at radius 1 is 1.50 bits per heavy atom. The zero-order chi connectivity index (χ0) is 9.23. The molecule has 0 fully saturated rings. The SMILES string of the molecule is CNC(=O)NCCC[Se]CCN. The first-order valence-corrected chi connectivity index (χ1v) is 6.47. The number of nitrogens with two attached hydrogens (primary N) is 1. The average Bonchev–Trinajstić information content (AvgIpc) is 2.10. The van der Waals surface area contributed by atoms with E-state index in [-0.39, 0.29) is 6.03 Å². The zero-order valence-corrected chi connectivity index (χ0v) is 9.14. The molecule has 0 aromatic heterocycles. The Labute approximate surface area is 79.8 Å². The fourth-order valence-electron chi connectivity index (χ4n) is 0.650. The van der Waals surface area contributed by atoms with E-state index in [0.29, 0.717) is 15.0 Å². The molecule has 0 aliphatic heterocycles. The van der Waals surface area contributed by atoms with Gasteiger partial charge in [-0.25, -0.2) is 0 Å². The number of hydrogen-bond acceptors (Lipinski definition) is 2. The molecule has 5 heteroatoms. The molecule has 0 saturated heterocycles. The number of carbonyl (C=O) groups is 1. The summed E-state index contributed by atoms with van der Waals surface area (Å²) in [4.78, 5) is 10.7. The predicted molar refractivity (Wildman–Crippen MR) is 51.5 cm³/mol. The van der Waals surface area contributed by atoms with Crippen LogP contribution in [0, 0.1) is 0 Å². The molecule has 0 aliphatic rings. The van der Waals surface area contributed by atoms with E-state index in [4.69, 9.17) is 5.73 Å². The van der Waals surface area contributed by atoms with Crippen LogP contribution in [0.1, 0.15) is 6.42 Å². The molecule has 0 radical (unpaired) electrons. The molecule has 0 aromatic carbocycles. The second-order valence-electron chi connectivity index (χ2n) is 2.26. The molecule has 2 amide bonds. The van der Waals surface area contributed by atoms with Crippen molar-refractivity contribution in [1.82, 2.24) is 10.6 Å². The predicted octanol–water partition coefficient (Wildman–Crippen LogP) is -0.195. The van der Waals surface area contributed by atoms with Gasteiger partial charge in [0.25, 0.3) is 0 Å².